The molecule has 1 aromatic heterocycles. The van der Waals surface area contributed by atoms with E-state index >= 15 is 0 Å². The van der Waals surface area contributed by atoms with Crippen molar-refractivity contribution in [1.82, 2.24) is 0 Å². The quantitative estimate of drug-likeness (QED) is 0.573. The predicted molar refractivity (Wildman–Crippen MR) is 95.9 cm³/mol. The molecule has 1 N–H and O–H groups in total. The van der Waals surface area contributed by atoms with Crippen LogP contribution in [-0.2, 0) is 4.79 Å². The highest BCUT2D eigenvalue weighted by Gasteiger charge is 2.26. The molecule has 122 valence electrons. The van der Waals surface area contributed by atoms with Gasteiger partial charge in [-0.2, -0.15) is 0 Å². The summed E-state index contributed by atoms with van der Waals surface area (Å²) in [5.41, 5.74) is 1.72. The largest absolute Gasteiger partial charge is 0.481 e. The predicted octanol–water partition coefficient (Wildman–Crippen LogP) is 4.16. The molecule has 4 nitrogen and oxygen atoms in total. The fourth-order valence-corrected chi connectivity index (χ4v) is 3.17. The van der Waals surface area contributed by atoms with Crippen LogP contribution in [0.1, 0.15) is 17.0 Å². The molecule has 0 amide bonds. The van der Waals surface area contributed by atoms with Gasteiger partial charge in [-0.3, -0.25) is 9.59 Å². The maximum atomic E-state index is 12.8. The number of benzene rings is 3. The second-order valence-electron chi connectivity index (χ2n) is 5.83. The first kappa shape index (κ1) is 15.1. The maximum absolute atomic E-state index is 12.8. The molecule has 25 heavy (non-hydrogen) atoms. The molecule has 0 aliphatic heterocycles. The fraction of sp³-hybridized carbons (Fsp3) is 0.0476. The molecule has 0 radical (unpaired) electrons. The van der Waals surface area contributed by atoms with Crippen LogP contribution in [0.3, 0.4) is 0 Å². The summed E-state index contributed by atoms with van der Waals surface area (Å²) in [6.45, 7) is 0. The van der Waals surface area contributed by atoms with Crippen LogP contribution in [0.25, 0.3) is 21.9 Å². The molecule has 0 spiro atoms. The minimum atomic E-state index is -0.991. The number of rotatable bonds is 3. The van der Waals surface area contributed by atoms with Gasteiger partial charge < -0.3 is 9.52 Å². The molecule has 0 aliphatic carbocycles. The van der Waals surface area contributed by atoms with Crippen molar-refractivity contribution < 1.29 is 14.3 Å². The molecule has 1 atom stereocenters. The summed E-state index contributed by atoms with van der Waals surface area (Å²) in [4.78, 5) is 24.7. The zero-order chi connectivity index (χ0) is 17.4. The van der Waals surface area contributed by atoms with Crippen molar-refractivity contribution in [3.63, 3.8) is 0 Å². The lowest BCUT2D eigenvalue weighted by atomic mass is 9.90. The van der Waals surface area contributed by atoms with Gasteiger partial charge in [-0.1, -0.05) is 54.6 Å². The van der Waals surface area contributed by atoms with Crippen LogP contribution >= 0.6 is 0 Å². The molecular weight excluding hydrogens is 316 g/mol. The average Bonchev–Trinajstić information content (AvgIpc) is 2.63. The van der Waals surface area contributed by atoms with Crippen LogP contribution in [0.2, 0.25) is 0 Å². The van der Waals surface area contributed by atoms with Gasteiger partial charge in [0.05, 0.1) is 10.8 Å². The topological polar surface area (TPSA) is 67.5 Å². The maximum Gasteiger partial charge on any atom is 0.315 e. The Morgan fingerprint density at radius 3 is 2.28 bits per heavy atom. The molecule has 0 aliphatic rings. The standard InChI is InChI=1S/C21H14O4/c22-19-14-9-4-5-12-17(14)25-20-15(10-6-11-16(19)20)18(21(23)24)13-7-2-1-3-8-13/h1-12,18H,(H,23,24). The lowest BCUT2D eigenvalue weighted by molar-refractivity contribution is -0.137. The fourth-order valence-electron chi connectivity index (χ4n) is 3.17. The first-order valence-electron chi connectivity index (χ1n) is 7.89. The summed E-state index contributed by atoms with van der Waals surface area (Å²) in [5.74, 6) is -1.90. The van der Waals surface area contributed by atoms with E-state index < -0.39 is 11.9 Å². The molecule has 4 rings (SSSR count). The monoisotopic (exact) mass is 330 g/mol. The Bertz CT molecular complexity index is 1140. The number of carboxylic acids is 1. The van der Waals surface area contributed by atoms with Crippen molar-refractivity contribution in [2.75, 3.05) is 0 Å². The van der Waals surface area contributed by atoms with Gasteiger partial charge in [0, 0.05) is 5.56 Å². The zero-order valence-electron chi connectivity index (χ0n) is 13.2. The summed E-state index contributed by atoms with van der Waals surface area (Å²) in [6, 6.07) is 21.0. The SMILES string of the molecule is O=C(O)C(c1ccccc1)c1cccc2c(=O)c3ccccc3oc12. The second-order valence-corrected chi connectivity index (χ2v) is 5.83. The third-order valence-corrected chi connectivity index (χ3v) is 4.32. The van der Waals surface area contributed by atoms with Gasteiger partial charge in [0.2, 0.25) is 5.43 Å². The van der Waals surface area contributed by atoms with Gasteiger partial charge in [-0.15, -0.1) is 0 Å². The van der Waals surface area contributed by atoms with E-state index in [0.717, 1.165) is 0 Å². The zero-order valence-corrected chi connectivity index (χ0v) is 13.2. The molecule has 1 heterocycles. The van der Waals surface area contributed by atoms with E-state index in [1.165, 1.54) is 0 Å². The average molecular weight is 330 g/mol. The van der Waals surface area contributed by atoms with Crippen LogP contribution in [-0.4, -0.2) is 11.1 Å². The molecule has 4 heteroatoms. The van der Waals surface area contributed by atoms with E-state index in [1.807, 2.05) is 6.07 Å². The minimum absolute atomic E-state index is 0.157. The molecule has 0 saturated heterocycles. The van der Waals surface area contributed by atoms with Gasteiger partial charge in [0.15, 0.2) is 0 Å². The van der Waals surface area contributed by atoms with Crippen LogP contribution in [0.15, 0.2) is 82.0 Å². The number of para-hydroxylation sites is 2. The highest BCUT2D eigenvalue weighted by atomic mass is 16.4. The molecule has 0 saturated carbocycles. The van der Waals surface area contributed by atoms with Crippen molar-refractivity contribution in [1.29, 1.82) is 0 Å². The Kier molecular flexibility index (Phi) is 3.58. The Balaban J connectivity index is 2.07. The second kappa shape index (κ2) is 5.91. The molecule has 1 unspecified atom stereocenters. The summed E-state index contributed by atoms with van der Waals surface area (Å²) in [7, 11) is 0. The van der Waals surface area contributed by atoms with Crippen molar-refractivity contribution in [3.8, 4) is 0 Å². The number of hydrogen-bond donors (Lipinski definition) is 1. The van der Waals surface area contributed by atoms with E-state index in [9.17, 15) is 14.7 Å². The minimum Gasteiger partial charge on any atom is -0.481 e. The number of carbonyl (C=O) groups is 1. The molecule has 0 fully saturated rings. The van der Waals surface area contributed by atoms with Crippen molar-refractivity contribution in [2.24, 2.45) is 0 Å². The van der Waals surface area contributed by atoms with E-state index in [2.05, 4.69) is 0 Å². The summed E-state index contributed by atoms with van der Waals surface area (Å²) < 4.78 is 5.95. The van der Waals surface area contributed by atoms with Crippen LogP contribution < -0.4 is 5.43 Å². The molecule has 4 aromatic rings. The van der Waals surface area contributed by atoms with Crippen LogP contribution in [0.5, 0.6) is 0 Å². The first-order chi connectivity index (χ1) is 12.2. The molecule has 0 bridgehead atoms. The van der Waals surface area contributed by atoms with E-state index in [4.69, 9.17) is 4.42 Å². The van der Waals surface area contributed by atoms with E-state index in [0.29, 0.717) is 33.1 Å². The van der Waals surface area contributed by atoms with E-state index in [-0.39, 0.29) is 5.43 Å². The van der Waals surface area contributed by atoms with Crippen molar-refractivity contribution in [3.05, 3.63) is 94.1 Å². The number of carboxylic acid groups (broad SMARTS) is 1. The summed E-state index contributed by atoms with van der Waals surface area (Å²) in [6.07, 6.45) is 0. The normalized spacial score (nSPS) is 12.3. The van der Waals surface area contributed by atoms with Crippen molar-refractivity contribution >= 4 is 27.9 Å². The third-order valence-electron chi connectivity index (χ3n) is 4.32. The van der Waals surface area contributed by atoms with E-state index in [1.54, 1.807) is 66.7 Å². The van der Waals surface area contributed by atoms with Gasteiger partial charge in [0.25, 0.3) is 0 Å². The molecular formula is C21H14O4. The van der Waals surface area contributed by atoms with Crippen LogP contribution in [0.4, 0.5) is 0 Å². The lowest BCUT2D eigenvalue weighted by Gasteiger charge is -2.15. The highest BCUT2D eigenvalue weighted by Crippen LogP contribution is 2.31. The Hall–Kier alpha value is -3.40. The lowest BCUT2D eigenvalue weighted by Crippen LogP contribution is -2.14. The first-order valence-corrected chi connectivity index (χ1v) is 7.89. The third kappa shape index (κ3) is 2.48. The highest BCUT2D eigenvalue weighted by molar-refractivity contribution is 5.94. The van der Waals surface area contributed by atoms with Gasteiger partial charge in [0.1, 0.15) is 17.1 Å². The van der Waals surface area contributed by atoms with Crippen LogP contribution in [0, 0.1) is 0 Å². The number of fused-ring (bicyclic) bond motifs is 2. The number of hydrogen-bond acceptors (Lipinski definition) is 3. The summed E-state index contributed by atoms with van der Waals surface area (Å²) in [5, 5.41) is 10.7. The summed E-state index contributed by atoms with van der Waals surface area (Å²) >= 11 is 0. The van der Waals surface area contributed by atoms with Crippen molar-refractivity contribution in [2.45, 2.75) is 5.92 Å². The smallest absolute Gasteiger partial charge is 0.315 e. The van der Waals surface area contributed by atoms with Gasteiger partial charge >= 0.3 is 5.97 Å². The molecule has 3 aromatic carbocycles. The Morgan fingerprint density at radius 1 is 0.840 bits per heavy atom. The van der Waals surface area contributed by atoms with Gasteiger partial charge in [-0.05, 0) is 23.8 Å². The number of aliphatic carboxylic acids is 1. The Morgan fingerprint density at radius 2 is 1.52 bits per heavy atom. The Labute approximate surface area is 143 Å². The van der Waals surface area contributed by atoms with Gasteiger partial charge in [-0.25, -0.2) is 0 Å².